The number of fused-ring (bicyclic) bond motifs is 5. The standard InChI is InChI=1S/C22H27N3O2.C19H21N3O2.C18H19N3O2.C13H15IN2O2.C9H7IN2O2.C6H6N.C4H9I.C3H9NO.BrH.Na.H2O.Zn/c1-14(2)11-25-13-24-22-18(19-6-5-15(3)10-23-19)8-17(9-20(22)25)21(27)7-16(4)12-26;1-12(2)10-22-11-21-18-15(16-6-5-13(3)9-20-16)7-14(8-17(18)22)19(23)24-4;1-11(2)9-21-10-20-17-14(15-5-4-12(3)8-19-15)6-13(18(22)23)7-16(17)21;1-8(2)7-16-12-5-9(13(17)18-3)4-11(14)10(12)6-15-16;1-14-9(13)5-2-6(10)8-7(3-5)11-4-12-8;1-6-3-2-4-7-5-6;1-4(2)3-5;1-3(4)2-5;;;;/h5-6,8-10,13-14,16,26H,7,11-12H2,1-4H3;5-9,11-12H,10H2,1-4H3;4-8,10-11H,9H2,1-3H3,(H,22,23);4-6,8H,7H2,1-3H3;2-4H,1H3,(H,11,12);2-3,5H,1H3;4H,3H2,1-2H3;3,5H,2,4H2,1H3;1H;;1H2;/q;;;;;-1;;;;+1;;+2/p-2/t16-;;;;;;;3-;;;;/m1......0..../s1. The number of carbonyl (C=O) groups excluding carboxylic acids is 4. The van der Waals surface area contributed by atoms with Crippen LogP contribution in [0.3, 0.4) is 0 Å². The number of nitrogens with two attached hydrogens (primary N) is 1. The molecule has 0 aliphatic heterocycles. The summed E-state index contributed by atoms with van der Waals surface area (Å²) in [5, 5.41) is 32.2. The van der Waals surface area contributed by atoms with Gasteiger partial charge in [-0.05, 0) is 204 Å². The summed E-state index contributed by atoms with van der Waals surface area (Å²) >= 11 is 11.0. The first kappa shape index (κ1) is 111. The van der Waals surface area contributed by atoms with Crippen molar-refractivity contribution >= 4 is 166 Å². The van der Waals surface area contributed by atoms with Gasteiger partial charge in [-0.25, -0.2) is 39.1 Å². The van der Waals surface area contributed by atoms with E-state index >= 15 is 0 Å². The van der Waals surface area contributed by atoms with E-state index in [4.69, 9.17) is 20.3 Å². The van der Waals surface area contributed by atoms with Crippen LogP contribution in [0.1, 0.15) is 164 Å². The Morgan fingerprint density at radius 2 is 0.866 bits per heavy atom. The zero-order chi connectivity index (χ0) is 92.5. The molecular weight excluding hydrogens is 2080 g/mol. The molecule has 14 aromatic rings. The molecule has 0 aliphatic carbocycles. The molecule has 127 heavy (non-hydrogen) atoms. The van der Waals surface area contributed by atoms with Crippen LogP contribution >= 0.6 is 81.4 Å². The Morgan fingerprint density at radius 3 is 1.22 bits per heavy atom. The number of aromatic amines is 1. The fourth-order valence-electron chi connectivity index (χ4n) is 12.1. The second-order valence-electron chi connectivity index (χ2n) is 31.9. The number of benzene rings is 5. The average Bonchev–Trinajstić information content (AvgIpc) is 1.67. The Hall–Kier alpha value is -8.27. The first-order chi connectivity index (χ1) is 59.5. The summed E-state index contributed by atoms with van der Waals surface area (Å²) in [5.41, 5.74) is 24.7. The van der Waals surface area contributed by atoms with E-state index in [0.29, 0.717) is 52.3 Å². The molecule has 5 aromatic carbocycles. The topological polar surface area (TPSA) is 381 Å². The number of aromatic nitrogens is 14. The number of pyridine rings is 4. The SMILES string of the molecule is CC(C)CI.COC(=O)c1cc(-c2ccc(C)cn2)c2ncn(CC(C)C)c2c1.COC(=O)c1cc(I)c2cnn(CC(C)C)c2c1.COC(=O)c1cc(I)c2nc[nH]c2c1.C[C@H](N)CO.Cc1cc[c-]nc1.Cc1ccc(-c2cc(C(=O)C[C@@H](C)CO)cc3c2ncn3CC(C)C)nc1.Cc1ccc(-c2cc(C(=O)O)cc3c2ncn3CC(C)C)nc1.[Na+].[OH-].[Zn+][Br]. The van der Waals surface area contributed by atoms with Gasteiger partial charge in [-0.2, -0.15) is 17.2 Å². The minimum absolute atomic E-state index is 0. The van der Waals surface area contributed by atoms with Gasteiger partial charge in [0.05, 0.1) is 143 Å². The predicted molar refractivity (Wildman–Crippen MR) is 523 cm³/mol. The number of nitrogens with one attached hydrogen (secondary N) is 1. The summed E-state index contributed by atoms with van der Waals surface area (Å²) in [6, 6.07) is 33.5. The van der Waals surface area contributed by atoms with Gasteiger partial charge in [-0.1, -0.05) is 136 Å². The molecule has 27 nitrogen and oxygen atoms in total. The number of H-pyrrole nitrogens is 1. The van der Waals surface area contributed by atoms with E-state index in [1.54, 1.807) is 68.4 Å². The number of methoxy groups -OCH3 is 3. The number of alkyl halides is 1. The number of esters is 3. The van der Waals surface area contributed by atoms with Gasteiger partial charge in [-0.15, -0.1) is 5.56 Å². The molecule has 0 unspecified atom stereocenters. The number of carboxylic acids is 1. The quantitative estimate of drug-likeness (QED) is 0.00848. The maximum atomic E-state index is 12.8. The van der Waals surface area contributed by atoms with Crippen molar-refractivity contribution in [2.24, 2.45) is 41.2 Å². The minimum atomic E-state index is -0.947. The number of imidazole rings is 4. The third kappa shape index (κ3) is 33.9. The number of hydrogen-bond donors (Lipinski definition) is 5. The van der Waals surface area contributed by atoms with Gasteiger partial charge in [0, 0.05) is 103 Å². The predicted octanol–water partition coefficient (Wildman–Crippen LogP) is 17.2. The van der Waals surface area contributed by atoms with Crippen LogP contribution < -0.4 is 35.3 Å². The van der Waals surface area contributed by atoms with Crippen molar-refractivity contribution in [2.45, 2.75) is 149 Å². The van der Waals surface area contributed by atoms with E-state index in [2.05, 4.69) is 221 Å². The number of ether oxygens (including phenoxy) is 3. The monoisotopic (exact) mass is 2190 g/mol. The molecule has 668 valence electrons. The normalized spacial score (nSPS) is 11.1. The number of nitrogens with zero attached hydrogens (tertiary/aromatic N) is 13. The zero-order valence-electron chi connectivity index (χ0n) is 76.0. The molecule has 0 spiro atoms. The summed E-state index contributed by atoms with van der Waals surface area (Å²) in [4.78, 5) is 97.2. The molecule has 0 radical (unpaired) electrons. The van der Waals surface area contributed by atoms with Crippen LogP contribution in [-0.4, -0.2) is 164 Å². The number of aliphatic hydroxyl groups excluding tert-OH is 2. The van der Waals surface area contributed by atoms with E-state index in [1.807, 2.05) is 148 Å². The molecule has 0 saturated carbocycles. The van der Waals surface area contributed by atoms with E-state index in [0.717, 1.165) is 145 Å². The van der Waals surface area contributed by atoms with Gasteiger partial charge in [-0.3, -0.25) is 24.4 Å². The van der Waals surface area contributed by atoms with Crippen molar-refractivity contribution in [3.63, 3.8) is 0 Å². The van der Waals surface area contributed by atoms with Crippen molar-refractivity contribution in [3.8, 4) is 33.8 Å². The molecule has 33 heteroatoms. The van der Waals surface area contributed by atoms with Gasteiger partial charge < -0.3 is 64.4 Å². The summed E-state index contributed by atoms with van der Waals surface area (Å²) in [5.74, 6) is 0.790. The van der Waals surface area contributed by atoms with Gasteiger partial charge in [0.15, 0.2) is 5.78 Å². The Morgan fingerprint density at radius 1 is 0.488 bits per heavy atom. The molecule has 9 heterocycles. The molecular formula is C94H114BrI3N15NaO12Zn. The molecule has 7 N–H and O–H groups in total. The van der Waals surface area contributed by atoms with Crippen LogP contribution in [0.2, 0.25) is 0 Å². The number of aliphatic hydroxyl groups is 2. The summed E-state index contributed by atoms with van der Waals surface area (Å²) in [7, 11) is 4.15. The summed E-state index contributed by atoms with van der Waals surface area (Å²) < 4.78 is 25.6. The molecule has 0 aliphatic rings. The molecule has 14 rings (SSSR count). The first-order valence-electron chi connectivity index (χ1n) is 40.7. The molecule has 0 bridgehead atoms. The third-order valence-corrected chi connectivity index (χ3v) is 21.7. The Balaban J connectivity index is 0.000000318. The van der Waals surface area contributed by atoms with E-state index in [9.17, 15) is 34.2 Å². The molecule has 9 aromatic heterocycles. The van der Waals surface area contributed by atoms with Crippen LogP contribution in [0.15, 0.2) is 165 Å². The van der Waals surface area contributed by atoms with Crippen LogP contribution in [0.5, 0.6) is 0 Å². The van der Waals surface area contributed by atoms with Gasteiger partial charge in [0.25, 0.3) is 0 Å². The number of halogens is 4. The van der Waals surface area contributed by atoms with Gasteiger partial charge >= 0.3 is 83.4 Å². The number of hydrogen-bond acceptors (Lipinski definition) is 21. The van der Waals surface area contributed by atoms with Crippen LogP contribution in [-0.2, 0) is 56.7 Å². The number of aromatic carboxylic acids is 1. The van der Waals surface area contributed by atoms with Crippen molar-refractivity contribution in [2.75, 3.05) is 39.0 Å². The van der Waals surface area contributed by atoms with Crippen molar-refractivity contribution < 1.29 is 105 Å². The summed E-state index contributed by atoms with van der Waals surface area (Å²) in [6.45, 7) is 36.6. The Bertz CT molecular complexity index is 5800. The Labute approximate surface area is 823 Å². The molecule has 2 atom stereocenters. The van der Waals surface area contributed by atoms with E-state index in [1.165, 1.54) is 47.7 Å². The van der Waals surface area contributed by atoms with Crippen LogP contribution in [0.25, 0.3) is 88.8 Å². The molecule has 0 fully saturated rings. The van der Waals surface area contributed by atoms with Gasteiger partial charge in [0.1, 0.15) is 5.52 Å². The third-order valence-electron chi connectivity index (χ3n) is 18.2. The van der Waals surface area contributed by atoms with Crippen LogP contribution in [0, 0.1) is 76.5 Å². The number of ketones is 1. The molecule has 0 amide bonds. The second kappa shape index (κ2) is 55.7. The van der Waals surface area contributed by atoms with Gasteiger partial charge in [0.2, 0.25) is 0 Å². The first-order valence-corrected chi connectivity index (χ1v) is 51.3. The fraction of sp³-hybridized carbons (Fsp3) is 0.362. The average molecular weight is 2200 g/mol. The van der Waals surface area contributed by atoms with Crippen molar-refractivity contribution in [1.82, 2.24) is 68.3 Å². The number of aryl methyl sites for hydroxylation is 4. The Kier molecular flexibility index (Phi) is 48.7. The van der Waals surface area contributed by atoms with E-state index in [-0.39, 0.29) is 89.5 Å². The number of Topliss-reactive ketones (excluding diaryl/α,β-unsaturated/α-hetero) is 1. The number of carboxylic acid groups (broad SMARTS) is 1. The number of rotatable bonds is 21. The van der Waals surface area contributed by atoms with Crippen LogP contribution in [0.4, 0.5) is 0 Å². The van der Waals surface area contributed by atoms with Crippen molar-refractivity contribution in [3.05, 3.63) is 229 Å². The van der Waals surface area contributed by atoms with Crippen molar-refractivity contribution in [1.29, 1.82) is 0 Å². The molecule has 0 saturated heterocycles. The number of carbonyl (C=O) groups is 5. The summed E-state index contributed by atoms with van der Waals surface area (Å²) in [6.07, 6.45) is 19.1. The van der Waals surface area contributed by atoms with E-state index < -0.39 is 5.97 Å². The maximum absolute atomic E-state index is 12.8. The fourth-order valence-corrected chi connectivity index (χ4v) is 13.6. The second-order valence-corrected chi connectivity index (χ2v) is 35.2. The zero-order valence-corrected chi connectivity index (χ0v) is 89.0.